The number of amides is 1. The predicted molar refractivity (Wildman–Crippen MR) is 74.7 cm³/mol. The van der Waals surface area contributed by atoms with E-state index in [-0.39, 0.29) is 11.1 Å². The number of primary amides is 1. The minimum atomic E-state index is -4.41. The quantitative estimate of drug-likeness (QED) is 0.401. The Morgan fingerprint density at radius 2 is 2.00 bits per heavy atom. The Labute approximate surface area is 128 Å². The average molecular weight is 333 g/mol. The number of fused-ring (bicyclic) bond motifs is 1. The molecule has 0 aliphatic carbocycles. The summed E-state index contributed by atoms with van der Waals surface area (Å²) < 4.78 is 34.5. The van der Waals surface area contributed by atoms with E-state index >= 15 is 0 Å². The Morgan fingerprint density at radius 3 is 2.50 bits per heavy atom. The smallest absolute Gasteiger partial charge is 0.350 e. The van der Waals surface area contributed by atoms with Gasteiger partial charge in [-0.3, -0.25) is 8.98 Å². The van der Waals surface area contributed by atoms with Crippen LogP contribution < -0.4 is 15.9 Å². The van der Waals surface area contributed by atoms with E-state index < -0.39 is 16.3 Å². The summed E-state index contributed by atoms with van der Waals surface area (Å²) in [4.78, 5) is 23.2. The number of carbonyl (C=O) groups excluding carboxylic acids is 1. The molecule has 0 fully saturated rings. The van der Waals surface area contributed by atoms with Crippen molar-refractivity contribution in [1.82, 2.24) is 4.57 Å². The van der Waals surface area contributed by atoms with Gasteiger partial charge in [-0.15, -0.1) is 0 Å². The third kappa shape index (κ3) is 4.90. The molecule has 1 aromatic heterocycles. The molecule has 2 N–H and O–H groups in total. The normalized spacial score (nSPS) is 14.3. The van der Waals surface area contributed by atoms with Gasteiger partial charge < -0.3 is 10.3 Å². The van der Waals surface area contributed by atoms with Crippen molar-refractivity contribution in [1.29, 1.82) is 0 Å². The molecule has 0 saturated carbocycles. The summed E-state index contributed by atoms with van der Waals surface area (Å²) in [6.07, 6.45) is 5.61. The van der Waals surface area contributed by atoms with E-state index in [9.17, 15) is 22.6 Å². The van der Waals surface area contributed by atoms with Gasteiger partial charge in [0.05, 0.1) is 20.7 Å². The maximum atomic E-state index is 12.0. The van der Waals surface area contributed by atoms with E-state index in [0.29, 0.717) is 6.54 Å². The fourth-order valence-electron chi connectivity index (χ4n) is 2.22. The van der Waals surface area contributed by atoms with Gasteiger partial charge in [-0.2, -0.15) is 4.57 Å². The minimum Gasteiger partial charge on any atom is -0.726 e. The van der Waals surface area contributed by atoms with E-state index in [1.165, 1.54) is 0 Å². The third-order valence-electron chi connectivity index (χ3n) is 3.27. The monoisotopic (exact) mass is 333 g/mol. The van der Waals surface area contributed by atoms with Crippen LogP contribution in [0.1, 0.15) is 35.4 Å². The molecule has 9 nitrogen and oxygen atoms in total. The van der Waals surface area contributed by atoms with Crippen molar-refractivity contribution >= 4 is 16.3 Å². The van der Waals surface area contributed by atoms with Crippen LogP contribution in [0.2, 0.25) is 0 Å². The molecular formula is C12H19N3O6S. The van der Waals surface area contributed by atoms with Crippen molar-refractivity contribution in [3.63, 3.8) is 0 Å². The first-order valence-electron chi connectivity index (χ1n) is 6.61. The van der Waals surface area contributed by atoms with Gasteiger partial charge in [0.15, 0.2) is 5.56 Å². The number of nitrogens with two attached hydrogens (primary N) is 1. The maximum Gasteiger partial charge on any atom is 0.350 e. The Balaban J connectivity index is 0.000000346. The molecule has 10 heteroatoms. The standard InChI is InChI=1S/C11H15N3O2.CH4O4S/c1-13-7-8(10(12)15)11(16)14-6-4-2-3-5-9(13)14;1-5-6(2,3)4/h7H,2-6H2,1H3,(H-,12,15);1H3,(H,2,3,4). The van der Waals surface area contributed by atoms with Gasteiger partial charge in [0, 0.05) is 6.42 Å². The number of aromatic nitrogens is 2. The molecule has 124 valence electrons. The molecule has 0 saturated heterocycles. The van der Waals surface area contributed by atoms with Crippen molar-refractivity contribution in [2.24, 2.45) is 12.8 Å². The lowest BCUT2D eigenvalue weighted by atomic mass is 10.2. The molecule has 1 aliphatic heterocycles. The van der Waals surface area contributed by atoms with Gasteiger partial charge >= 0.3 is 5.56 Å². The second kappa shape index (κ2) is 7.47. The second-order valence-electron chi connectivity index (χ2n) is 4.78. The van der Waals surface area contributed by atoms with Crippen LogP contribution in [0.3, 0.4) is 0 Å². The van der Waals surface area contributed by atoms with Crippen molar-refractivity contribution in [3.05, 3.63) is 27.9 Å². The first-order chi connectivity index (χ1) is 10.2. The average Bonchev–Trinajstić information content (AvgIpc) is 2.68. The van der Waals surface area contributed by atoms with Crippen molar-refractivity contribution in [2.75, 3.05) is 7.11 Å². The highest BCUT2D eigenvalue weighted by Crippen LogP contribution is 2.09. The SMILES string of the molecule is COS(=O)(=O)[O-].C[n+]1cc(C(N)=O)c(=O)n2c1CCCCC2. The van der Waals surface area contributed by atoms with Gasteiger partial charge in [0.25, 0.3) is 11.7 Å². The fourth-order valence-corrected chi connectivity index (χ4v) is 2.22. The summed E-state index contributed by atoms with van der Waals surface area (Å²) >= 11 is 0. The molecule has 2 rings (SSSR count). The number of rotatable bonds is 2. The molecule has 0 unspecified atom stereocenters. The lowest BCUT2D eigenvalue weighted by molar-refractivity contribution is -0.684. The Morgan fingerprint density at radius 1 is 1.41 bits per heavy atom. The van der Waals surface area contributed by atoms with Crippen LogP contribution in [0.4, 0.5) is 0 Å². The zero-order valence-corrected chi connectivity index (χ0v) is 13.3. The molecule has 1 amide bonds. The van der Waals surface area contributed by atoms with Crippen LogP contribution in [0.25, 0.3) is 0 Å². The first kappa shape index (κ1) is 18.3. The third-order valence-corrected chi connectivity index (χ3v) is 3.68. The van der Waals surface area contributed by atoms with Gasteiger partial charge in [0.1, 0.15) is 6.20 Å². The van der Waals surface area contributed by atoms with E-state index in [4.69, 9.17) is 5.73 Å². The highest BCUT2D eigenvalue weighted by atomic mass is 32.3. The van der Waals surface area contributed by atoms with Gasteiger partial charge in [0.2, 0.25) is 10.4 Å². The second-order valence-corrected chi connectivity index (χ2v) is 5.93. The zero-order valence-electron chi connectivity index (χ0n) is 12.4. The molecule has 1 aromatic rings. The number of nitrogens with zero attached hydrogens (tertiary/aromatic N) is 2. The maximum absolute atomic E-state index is 12.0. The Kier molecular flexibility index (Phi) is 6.21. The fraction of sp³-hybridized carbons (Fsp3) is 0.583. The molecule has 1 aliphatic rings. The number of aryl methyl sites for hydroxylation is 1. The largest absolute Gasteiger partial charge is 0.726 e. The van der Waals surface area contributed by atoms with Gasteiger partial charge in [-0.1, -0.05) is 0 Å². The molecule has 0 aromatic carbocycles. The van der Waals surface area contributed by atoms with Crippen LogP contribution in [0.5, 0.6) is 0 Å². The molecule has 0 bridgehead atoms. The van der Waals surface area contributed by atoms with Crippen LogP contribution in [0, 0.1) is 0 Å². The molecule has 0 atom stereocenters. The zero-order chi connectivity index (χ0) is 16.9. The highest BCUT2D eigenvalue weighted by Gasteiger charge is 2.23. The summed E-state index contributed by atoms with van der Waals surface area (Å²) in [5.74, 6) is 0.327. The van der Waals surface area contributed by atoms with Crippen LogP contribution in [-0.2, 0) is 34.6 Å². The highest BCUT2D eigenvalue weighted by molar-refractivity contribution is 7.80. The minimum absolute atomic E-state index is 0.0770. The molecule has 2 heterocycles. The summed E-state index contributed by atoms with van der Waals surface area (Å²) in [5.41, 5.74) is 5.02. The van der Waals surface area contributed by atoms with Crippen LogP contribution >= 0.6 is 0 Å². The van der Waals surface area contributed by atoms with Crippen molar-refractivity contribution in [2.45, 2.75) is 32.2 Å². The molecule has 0 radical (unpaired) electrons. The van der Waals surface area contributed by atoms with Gasteiger partial charge in [-0.05, 0) is 19.3 Å². The van der Waals surface area contributed by atoms with E-state index in [1.54, 1.807) is 10.8 Å². The number of hydrogen-bond acceptors (Lipinski definition) is 6. The van der Waals surface area contributed by atoms with E-state index in [1.807, 2.05) is 11.6 Å². The summed E-state index contributed by atoms with van der Waals surface area (Å²) in [7, 11) is -1.75. The van der Waals surface area contributed by atoms with Crippen molar-refractivity contribution in [3.8, 4) is 0 Å². The number of carbonyl (C=O) groups is 1. The van der Waals surface area contributed by atoms with E-state index in [0.717, 1.165) is 38.6 Å². The summed E-state index contributed by atoms with van der Waals surface area (Å²) in [5, 5.41) is 0. The lowest BCUT2D eigenvalue weighted by Crippen LogP contribution is -2.45. The van der Waals surface area contributed by atoms with Crippen molar-refractivity contribution < 1.29 is 26.5 Å². The molecule has 0 spiro atoms. The topological polar surface area (TPSA) is 135 Å². The molecular weight excluding hydrogens is 314 g/mol. The Hall–Kier alpha value is -1.78. The van der Waals surface area contributed by atoms with Crippen LogP contribution in [0.15, 0.2) is 11.0 Å². The number of hydrogen-bond donors (Lipinski definition) is 1. The van der Waals surface area contributed by atoms with Crippen LogP contribution in [-0.4, -0.2) is 30.6 Å². The lowest BCUT2D eigenvalue weighted by Gasteiger charge is -2.06. The molecule has 22 heavy (non-hydrogen) atoms. The van der Waals surface area contributed by atoms with Gasteiger partial charge in [-0.25, -0.2) is 17.8 Å². The van der Waals surface area contributed by atoms with E-state index in [2.05, 4.69) is 4.18 Å². The Bertz CT molecular complexity index is 710. The predicted octanol–water partition coefficient (Wildman–Crippen LogP) is -1.41. The first-order valence-corrected chi connectivity index (χ1v) is 7.94. The summed E-state index contributed by atoms with van der Waals surface area (Å²) in [6, 6.07) is 0. The summed E-state index contributed by atoms with van der Waals surface area (Å²) in [6.45, 7) is 0.684.